The van der Waals surface area contributed by atoms with Crippen LogP contribution in [0.4, 0.5) is 9.52 Å². The first kappa shape index (κ1) is 18.4. The number of benzene rings is 1. The summed E-state index contributed by atoms with van der Waals surface area (Å²) in [5, 5.41) is 4.19. The molecule has 1 aromatic carbocycles. The van der Waals surface area contributed by atoms with Gasteiger partial charge in [0.25, 0.3) is 0 Å². The molecule has 0 radical (unpaired) electrons. The lowest BCUT2D eigenvalue weighted by Gasteiger charge is -2.10. The average Bonchev–Trinajstić information content (AvgIpc) is 2.91. The van der Waals surface area contributed by atoms with Crippen LogP contribution in [0.3, 0.4) is 0 Å². The molecule has 1 heterocycles. The number of nitrogens with one attached hydrogen (secondary N) is 1. The van der Waals surface area contributed by atoms with Crippen molar-refractivity contribution < 1.29 is 13.2 Å². The Kier molecular flexibility index (Phi) is 6.16. The molecule has 2 aromatic rings. The van der Waals surface area contributed by atoms with Gasteiger partial charge in [0.1, 0.15) is 5.82 Å². The highest BCUT2D eigenvalue weighted by Gasteiger charge is 2.19. The van der Waals surface area contributed by atoms with E-state index < -0.39 is 11.3 Å². The van der Waals surface area contributed by atoms with E-state index in [4.69, 9.17) is 9.54 Å². The van der Waals surface area contributed by atoms with Crippen molar-refractivity contribution >= 4 is 27.7 Å². The van der Waals surface area contributed by atoms with E-state index >= 15 is 0 Å². The average molecular weight is 384 g/mol. The van der Waals surface area contributed by atoms with Gasteiger partial charge < -0.3 is 5.32 Å². The maximum atomic E-state index is 13.7. The zero-order valence-corrected chi connectivity index (χ0v) is 15.8. The second-order valence-corrected chi connectivity index (χ2v) is 8.33. The fourth-order valence-electron chi connectivity index (χ4n) is 2.97. The molecule has 1 aromatic heterocycles. The third-order valence-electron chi connectivity index (χ3n) is 4.32. The van der Waals surface area contributed by atoms with E-state index in [1.165, 1.54) is 15.2 Å². The van der Waals surface area contributed by atoms with E-state index in [0.717, 1.165) is 60.6 Å². The maximum absolute atomic E-state index is 13.7. The molecule has 0 aliphatic heterocycles. The number of thiazole rings is 1. The topological polar surface area (TPSA) is 65.5 Å². The molecule has 1 aliphatic rings. The Hall–Kier alpha value is -1.35. The van der Waals surface area contributed by atoms with Crippen LogP contribution < -0.4 is 5.32 Å². The Morgan fingerprint density at radius 1 is 1.40 bits per heavy atom. The lowest BCUT2D eigenvalue weighted by Crippen LogP contribution is -2.22. The number of halogens is 1. The number of unbranched alkanes of at least 4 members (excludes halogenated alkanes) is 1. The van der Waals surface area contributed by atoms with Crippen molar-refractivity contribution in [3.05, 3.63) is 34.5 Å². The number of hydrogen-bond donors (Lipinski definition) is 2. The minimum Gasteiger partial charge on any atom is -0.361 e. The van der Waals surface area contributed by atoms with Crippen LogP contribution in [-0.2, 0) is 24.1 Å². The molecule has 0 saturated heterocycles. The summed E-state index contributed by atoms with van der Waals surface area (Å²) in [6.07, 6.45) is 4.70. The first-order chi connectivity index (χ1) is 12.0. The van der Waals surface area contributed by atoms with Crippen molar-refractivity contribution in [1.29, 1.82) is 0 Å². The smallest absolute Gasteiger partial charge is 0.234 e. The summed E-state index contributed by atoms with van der Waals surface area (Å²) in [4.78, 5) is 5.91. The van der Waals surface area contributed by atoms with Crippen molar-refractivity contribution in [2.45, 2.75) is 32.1 Å². The van der Waals surface area contributed by atoms with Crippen LogP contribution >= 0.6 is 11.3 Å². The first-order valence-electron chi connectivity index (χ1n) is 8.39. The van der Waals surface area contributed by atoms with Gasteiger partial charge in [-0.3, -0.25) is 4.55 Å². The summed E-state index contributed by atoms with van der Waals surface area (Å²) < 4.78 is 34.8. The third-order valence-corrected chi connectivity index (χ3v) is 6.11. The van der Waals surface area contributed by atoms with Gasteiger partial charge in [0.2, 0.25) is 11.3 Å². The van der Waals surface area contributed by atoms with Crippen LogP contribution in [0.25, 0.3) is 11.3 Å². The molecule has 0 bridgehead atoms. The third kappa shape index (κ3) is 4.63. The fourth-order valence-corrected chi connectivity index (χ4v) is 4.30. The molecule has 136 valence electrons. The quantitative estimate of drug-likeness (QED) is 0.565. The van der Waals surface area contributed by atoms with E-state index in [-0.39, 0.29) is 5.82 Å². The number of anilines is 1. The van der Waals surface area contributed by atoms with Gasteiger partial charge in [-0.2, -0.15) is 0 Å². The normalized spacial score (nSPS) is 14.7. The van der Waals surface area contributed by atoms with Crippen LogP contribution in [-0.4, -0.2) is 38.2 Å². The molecule has 1 unspecified atom stereocenters. The van der Waals surface area contributed by atoms with Crippen molar-refractivity contribution in [3.63, 3.8) is 0 Å². The monoisotopic (exact) mass is 383 g/mol. The molecular weight excluding hydrogens is 361 g/mol. The molecule has 1 aliphatic carbocycles. The standard InChI is InChI=1S/C17H22FN3O2S2/c1-21(25(22)23)10-3-2-9-19-17-20-16-14-11-13(18)8-7-12(14)5-4-6-15(16)24-17/h7-8,11H,2-6,9-10H2,1H3,(H,19,20)(H,22,23). The first-order valence-corrected chi connectivity index (χ1v) is 10.3. The van der Waals surface area contributed by atoms with Gasteiger partial charge in [-0.25, -0.2) is 17.9 Å². The molecule has 0 saturated carbocycles. The lowest BCUT2D eigenvalue weighted by atomic mass is 10.0. The number of fused-ring (bicyclic) bond motifs is 3. The molecular formula is C17H22FN3O2S2. The molecule has 0 fully saturated rings. The predicted octanol–water partition coefficient (Wildman–Crippen LogP) is 3.70. The number of nitrogens with zero attached hydrogens (tertiary/aromatic N) is 2. The van der Waals surface area contributed by atoms with Crippen LogP contribution in [0, 0.1) is 5.82 Å². The second kappa shape index (κ2) is 8.35. The highest BCUT2D eigenvalue weighted by atomic mass is 32.2. The Morgan fingerprint density at radius 3 is 3.04 bits per heavy atom. The van der Waals surface area contributed by atoms with E-state index in [1.54, 1.807) is 24.5 Å². The summed E-state index contributed by atoms with van der Waals surface area (Å²) in [7, 11) is 1.62. The summed E-state index contributed by atoms with van der Waals surface area (Å²) in [5.41, 5.74) is 3.00. The molecule has 1 atom stereocenters. The van der Waals surface area contributed by atoms with Gasteiger partial charge in [-0.05, 0) is 49.8 Å². The number of hydrogen-bond acceptors (Lipinski definition) is 4. The SMILES string of the molecule is CN(CCCCNc1nc2c(s1)CCCc1ccc(F)cc1-2)S(=O)O. The highest BCUT2D eigenvalue weighted by molar-refractivity contribution is 7.76. The highest BCUT2D eigenvalue weighted by Crippen LogP contribution is 2.37. The van der Waals surface area contributed by atoms with E-state index in [9.17, 15) is 8.60 Å². The minimum absolute atomic E-state index is 0.223. The van der Waals surface area contributed by atoms with E-state index in [2.05, 4.69) is 5.32 Å². The van der Waals surface area contributed by atoms with Crippen LogP contribution in [0.1, 0.15) is 29.7 Å². The Bertz CT molecular complexity index is 766. The van der Waals surface area contributed by atoms with Gasteiger partial charge in [0, 0.05) is 30.6 Å². The van der Waals surface area contributed by atoms with Crippen molar-refractivity contribution in [2.24, 2.45) is 0 Å². The van der Waals surface area contributed by atoms with Gasteiger partial charge >= 0.3 is 0 Å². The van der Waals surface area contributed by atoms with Crippen molar-refractivity contribution in [2.75, 3.05) is 25.5 Å². The second-order valence-electron chi connectivity index (χ2n) is 6.16. The molecule has 0 amide bonds. The Morgan fingerprint density at radius 2 is 2.24 bits per heavy atom. The molecule has 0 spiro atoms. The molecule has 25 heavy (non-hydrogen) atoms. The summed E-state index contributed by atoms with van der Waals surface area (Å²) in [6, 6.07) is 4.98. The number of rotatable bonds is 7. The van der Waals surface area contributed by atoms with E-state index in [1.807, 2.05) is 6.07 Å². The maximum Gasteiger partial charge on any atom is 0.234 e. The predicted molar refractivity (Wildman–Crippen MR) is 101 cm³/mol. The molecule has 5 nitrogen and oxygen atoms in total. The zero-order valence-electron chi connectivity index (χ0n) is 14.1. The van der Waals surface area contributed by atoms with Crippen LogP contribution in [0.5, 0.6) is 0 Å². The van der Waals surface area contributed by atoms with Crippen molar-refractivity contribution in [3.8, 4) is 11.3 Å². The molecule has 3 rings (SSSR count). The lowest BCUT2D eigenvalue weighted by molar-refractivity contribution is 0.438. The van der Waals surface area contributed by atoms with Gasteiger partial charge in [-0.1, -0.05) is 6.07 Å². The van der Waals surface area contributed by atoms with Crippen molar-refractivity contribution in [1.82, 2.24) is 9.29 Å². The number of aromatic nitrogens is 1. The van der Waals surface area contributed by atoms with E-state index in [0.29, 0.717) is 6.54 Å². The summed E-state index contributed by atoms with van der Waals surface area (Å²) in [6.45, 7) is 1.33. The van der Waals surface area contributed by atoms with Gasteiger partial charge in [0.05, 0.1) is 5.69 Å². The summed E-state index contributed by atoms with van der Waals surface area (Å²) >= 11 is -0.256. The Labute approximate surface area is 153 Å². The fraction of sp³-hybridized carbons (Fsp3) is 0.471. The largest absolute Gasteiger partial charge is 0.361 e. The van der Waals surface area contributed by atoms with Crippen LogP contribution in [0.2, 0.25) is 0 Å². The zero-order chi connectivity index (χ0) is 17.8. The molecule has 2 N–H and O–H groups in total. The van der Waals surface area contributed by atoms with Gasteiger partial charge in [-0.15, -0.1) is 11.3 Å². The minimum atomic E-state index is -1.90. The number of aryl methyl sites for hydroxylation is 2. The Balaban J connectivity index is 1.61. The molecule has 8 heteroatoms. The van der Waals surface area contributed by atoms with Gasteiger partial charge in [0.15, 0.2) is 5.13 Å². The van der Waals surface area contributed by atoms with Crippen LogP contribution in [0.15, 0.2) is 18.2 Å². The summed E-state index contributed by atoms with van der Waals surface area (Å²) in [5.74, 6) is -0.223.